The van der Waals surface area contributed by atoms with Gasteiger partial charge in [-0.25, -0.2) is 0 Å². The van der Waals surface area contributed by atoms with E-state index in [0.29, 0.717) is 11.1 Å². The number of benzene rings is 2. The summed E-state index contributed by atoms with van der Waals surface area (Å²) in [5.41, 5.74) is 4.08. The summed E-state index contributed by atoms with van der Waals surface area (Å²) in [5, 5.41) is 0. The Morgan fingerprint density at radius 1 is 1.05 bits per heavy atom. The Kier molecular flexibility index (Phi) is 3.18. The van der Waals surface area contributed by atoms with Gasteiger partial charge in [0.1, 0.15) is 6.61 Å². The molecule has 0 amide bonds. The van der Waals surface area contributed by atoms with Gasteiger partial charge in [0.15, 0.2) is 5.78 Å². The standard InChI is InChI=1S/C16H11BrO3/c1-9(18)20-8-10-2-4-12-14-7-11(17)3-5-13(14)16(19)15(12)6-10/h2-7H,8H2,1H3. The van der Waals surface area contributed by atoms with E-state index in [1.165, 1.54) is 6.92 Å². The number of esters is 1. The fourth-order valence-corrected chi connectivity index (χ4v) is 2.73. The van der Waals surface area contributed by atoms with Crippen molar-refractivity contribution >= 4 is 27.7 Å². The Morgan fingerprint density at radius 2 is 1.80 bits per heavy atom. The minimum Gasteiger partial charge on any atom is -0.461 e. The van der Waals surface area contributed by atoms with Crippen molar-refractivity contribution < 1.29 is 14.3 Å². The molecule has 3 nitrogen and oxygen atoms in total. The van der Waals surface area contributed by atoms with E-state index in [0.717, 1.165) is 21.2 Å². The van der Waals surface area contributed by atoms with Crippen molar-refractivity contribution in [3.63, 3.8) is 0 Å². The van der Waals surface area contributed by atoms with Gasteiger partial charge in [-0.15, -0.1) is 0 Å². The lowest BCUT2D eigenvalue weighted by molar-refractivity contribution is -0.142. The van der Waals surface area contributed by atoms with Gasteiger partial charge in [0, 0.05) is 22.5 Å². The van der Waals surface area contributed by atoms with Crippen molar-refractivity contribution in [2.45, 2.75) is 13.5 Å². The number of hydrogen-bond acceptors (Lipinski definition) is 3. The summed E-state index contributed by atoms with van der Waals surface area (Å²) in [6.45, 7) is 1.56. The molecule has 0 saturated heterocycles. The molecule has 3 rings (SSSR count). The SMILES string of the molecule is CC(=O)OCc1ccc2c(c1)C(=O)c1ccc(Br)cc1-2. The van der Waals surface area contributed by atoms with Crippen LogP contribution in [-0.2, 0) is 16.1 Å². The van der Waals surface area contributed by atoms with Crippen molar-refractivity contribution in [3.8, 4) is 11.1 Å². The predicted molar refractivity (Wildman–Crippen MR) is 78.5 cm³/mol. The van der Waals surface area contributed by atoms with E-state index in [2.05, 4.69) is 15.9 Å². The van der Waals surface area contributed by atoms with Crippen molar-refractivity contribution in [2.24, 2.45) is 0 Å². The van der Waals surface area contributed by atoms with Crippen LogP contribution in [0.4, 0.5) is 0 Å². The number of carbonyl (C=O) groups excluding carboxylic acids is 2. The van der Waals surface area contributed by atoms with E-state index in [1.807, 2.05) is 30.3 Å². The van der Waals surface area contributed by atoms with Crippen LogP contribution in [-0.4, -0.2) is 11.8 Å². The van der Waals surface area contributed by atoms with Gasteiger partial charge >= 0.3 is 5.97 Å². The monoisotopic (exact) mass is 330 g/mol. The predicted octanol–water partition coefficient (Wildman–Crippen LogP) is 3.72. The second kappa shape index (κ2) is 4.87. The molecule has 0 bridgehead atoms. The highest BCUT2D eigenvalue weighted by atomic mass is 79.9. The number of carbonyl (C=O) groups is 2. The first-order valence-electron chi connectivity index (χ1n) is 6.17. The molecule has 2 aromatic rings. The van der Waals surface area contributed by atoms with Gasteiger partial charge in [0.05, 0.1) is 0 Å². The average molecular weight is 331 g/mol. The van der Waals surface area contributed by atoms with Crippen LogP contribution in [0.15, 0.2) is 40.9 Å². The third kappa shape index (κ3) is 2.16. The lowest BCUT2D eigenvalue weighted by Gasteiger charge is -2.05. The maximum atomic E-state index is 12.4. The summed E-state index contributed by atoms with van der Waals surface area (Å²) in [5.74, 6) is -0.309. The highest BCUT2D eigenvalue weighted by Gasteiger charge is 2.26. The van der Waals surface area contributed by atoms with Crippen LogP contribution < -0.4 is 0 Å². The zero-order valence-electron chi connectivity index (χ0n) is 10.8. The van der Waals surface area contributed by atoms with E-state index in [1.54, 1.807) is 6.07 Å². The number of fused-ring (bicyclic) bond motifs is 3. The maximum absolute atomic E-state index is 12.4. The van der Waals surface area contributed by atoms with Crippen LogP contribution in [0.25, 0.3) is 11.1 Å². The zero-order valence-corrected chi connectivity index (χ0v) is 12.4. The Labute approximate surface area is 124 Å². The molecule has 100 valence electrons. The second-order valence-electron chi connectivity index (χ2n) is 4.68. The summed E-state index contributed by atoms with van der Waals surface area (Å²) in [4.78, 5) is 23.2. The summed E-state index contributed by atoms with van der Waals surface area (Å²) >= 11 is 3.42. The molecule has 1 aliphatic carbocycles. The van der Waals surface area contributed by atoms with Crippen molar-refractivity contribution in [3.05, 3.63) is 57.6 Å². The van der Waals surface area contributed by atoms with Gasteiger partial charge in [0.2, 0.25) is 0 Å². The number of ether oxygens (including phenoxy) is 1. The van der Waals surface area contributed by atoms with Crippen LogP contribution in [0.1, 0.15) is 28.4 Å². The van der Waals surface area contributed by atoms with E-state index in [4.69, 9.17) is 4.74 Å². The Balaban J connectivity index is 2.02. The van der Waals surface area contributed by atoms with Crippen molar-refractivity contribution in [1.29, 1.82) is 0 Å². The molecule has 0 atom stereocenters. The van der Waals surface area contributed by atoms with Gasteiger partial charge in [0.25, 0.3) is 0 Å². The van der Waals surface area contributed by atoms with Gasteiger partial charge in [-0.3, -0.25) is 9.59 Å². The number of rotatable bonds is 2. The fraction of sp³-hybridized carbons (Fsp3) is 0.125. The smallest absolute Gasteiger partial charge is 0.302 e. The summed E-state index contributed by atoms with van der Waals surface area (Å²) in [7, 11) is 0. The first-order chi connectivity index (χ1) is 9.56. The average Bonchev–Trinajstić information content (AvgIpc) is 2.69. The molecular formula is C16H11BrO3. The number of hydrogen-bond donors (Lipinski definition) is 0. The van der Waals surface area contributed by atoms with Gasteiger partial charge < -0.3 is 4.74 Å². The molecule has 0 spiro atoms. The third-order valence-electron chi connectivity index (χ3n) is 3.29. The molecule has 0 fully saturated rings. The number of halogens is 1. The second-order valence-corrected chi connectivity index (χ2v) is 5.59. The lowest BCUT2D eigenvalue weighted by atomic mass is 10.0. The first-order valence-corrected chi connectivity index (χ1v) is 6.96. The molecular weight excluding hydrogens is 320 g/mol. The van der Waals surface area contributed by atoms with E-state index < -0.39 is 0 Å². The Morgan fingerprint density at radius 3 is 2.55 bits per heavy atom. The van der Waals surface area contributed by atoms with Gasteiger partial charge in [-0.1, -0.05) is 28.1 Å². The molecule has 0 unspecified atom stereocenters. The normalized spacial score (nSPS) is 12.0. The molecule has 0 saturated carbocycles. The van der Waals surface area contributed by atoms with Gasteiger partial charge in [-0.2, -0.15) is 0 Å². The Bertz CT molecular complexity index is 734. The van der Waals surface area contributed by atoms with E-state index in [9.17, 15) is 9.59 Å². The third-order valence-corrected chi connectivity index (χ3v) is 3.78. The quantitative estimate of drug-likeness (QED) is 0.672. The minimum atomic E-state index is -0.330. The molecule has 20 heavy (non-hydrogen) atoms. The molecule has 0 heterocycles. The van der Waals surface area contributed by atoms with Crippen molar-refractivity contribution in [1.82, 2.24) is 0 Å². The Hall–Kier alpha value is -1.94. The molecule has 0 aliphatic heterocycles. The van der Waals surface area contributed by atoms with Crippen LogP contribution in [0.2, 0.25) is 0 Å². The molecule has 0 radical (unpaired) electrons. The molecule has 4 heteroatoms. The first kappa shape index (κ1) is 13.1. The fourth-order valence-electron chi connectivity index (χ4n) is 2.37. The molecule has 0 N–H and O–H groups in total. The molecule has 2 aromatic carbocycles. The summed E-state index contributed by atoms with van der Waals surface area (Å²) < 4.78 is 5.91. The van der Waals surface area contributed by atoms with Gasteiger partial charge in [-0.05, 0) is 41.0 Å². The lowest BCUT2D eigenvalue weighted by Crippen LogP contribution is -2.00. The maximum Gasteiger partial charge on any atom is 0.302 e. The zero-order chi connectivity index (χ0) is 14.3. The largest absolute Gasteiger partial charge is 0.461 e. The summed E-state index contributed by atoms with van der Waals surface area (Å²) in [6, 6.07) is 11.2. The summed E-state index contributed by atoms with van der Waals surface area (Å²) in [6.07, 6.45) is 0. The number of ketones is 1. The van der Waals surface area contributed by atoms with Crippen LogP contribution in [0, 0.1) is 0 Å². The highest BCUT2D eigenvalue weighted by molar-refractivity contribution is 9.10. The topological polar surface area (TPSA) is 43.4 Å². The van der Waals surface area contributed by atoms with E-state index >= 15 is 0 Å². The van der Waals surface area contributed by atoms with Crippen LogP contribution in [0.5, 0.6) is 0 Å². The molecule has 1 aliphatic rings. The highest BCUT2D eigenvalue weighted by Crippen LogP contribution is 2.38. The minimum absolute atomic E-state index is 0.0205. The van der Waals surface area contributed by atoms with Crippen LogP contribution >= 0.6 is 15.9 Å². The van der Waals surface area contributed by atoms with E-state index in [-0.39, 0.29) is 18.4 Å². The van der Waals surface area contributed by atoms with Crippen molar-refractivity contribution in [2.75, 3.05) is 0 Å². The van der Waals surface area contributed by atoms with Crippen LogP contribution in [0.3, 0.4) is 0 Å². The molecule has 0 aromatic heterocycles.